The number of carbonyl (C=O) groups excluding carboxylic acids is 1. The van der Waals surface area contributed by atoms with Gasteiger partial charge in [0.2, 0.25) is 0 Å². The second-order valence-electron chi connectivity index (χ2n) is 6.78. The summed E-state index contributed by atoms with van der Waals surface area (Å²) in [4.78, 5) is 12.4. The molecule has 0 aliphatic heterocycles. The largest absolute Gasteiger partial charge is 0.374 e. The minimum Gasteiger partial charge on any atom is -0.374 e. The van der Waals surface area contributed by atoms with Gasteiger partial charge in [0.15, 0.2) is 11.4 Å². The van der Waals surface area contributed by atoms with E-state index in [2.05, 4.69) is 5.10 Å². The highest BCUT2D eigenvalue weighted by atomic mass is 31.0. The standard InChI is InChI=1S/C20H17F2N2O2P/c1-11(25)15-7-12(13-9-23-24(2)10-13)8-17-18(15)14-5-3-4-6-16(14)19(17,26)20(21,22)27/h3-10,26H,27H2,1-2H3. The SMILES string of the molecule is CC(=O)c1cc(-c2cnn(C)c2)cc2c1-c1ccccc1C2(O)C(F)(F)P. The highest BCUT2D eigenvalue weighted by Crippen LogP contribution is 2.58. The summed E-state index contributed by atoms with van der Waals surface area (Å²) in [5.41, 5.74) is -3.65. The molecule has 0 fully saturated rings. The highest BCUT2D eigenvalue weighted by molar-refractivity contribution is 7.18. The maximum atomic E-state index is 14.7. The average molecular weight is 386 g/mol. The van der Waals surface area contributed by atoms with E-state index in [1.807, 2.05) is 0 Å². The smallest absolute Gasteiger partial charge is 0.295 e. The number of rotatable bonds is 3. The molecule has 2 atom stereocenters. The van der Waals surface area contributed by atoms with Gasteiger partial charge in [-0.05, 0) is 35.7 Å². The molecule has 1 aromatic heterocycles. The molecule has 4 nitrogen and oxygen atoms in total. The molecule has 138 valence electrons. The Morgan fingerprint density at radius 3 is 2.52 bits per heavy atom. The normalized spacial score (nSPS) is 18.3. The molecule has 0 saturated heterocycles. The summed E-state index contributed by atoms with van der Waals surface area (Å²) < 4.78 is 30.9. The van der Waals surface area contributed by atoms with Crippen molar-refractivity contribution in [2.75, 3.05) is 0 Å². The van der Waals surface area contributed by atoms with Crippen molar-refractivity contribution >= 4 is 15.0 Å². The molecule has 0 saturated carbocycles. The van der Waals surface area contributed by atoms with Crippen molar-refractivity contribution in [1.82, 2.24) is 9.78 Å². The van der Waals surface area contributed by atoms with E-state index in [4.69, 9.17) is 0 Å². The maximum absolute atomic E-state index is 14.7. The summed E-state index contributed by atoms with van der Waals surface area (Å²) >= 11 is 0. The predicted molar refractivity (Wildman–Crippen MR) is 102 cm³/mol. The summed E-state index contributed by atoms with van der Waals surface area (Å²) in [6.07, 6.45) is 3.32. The van der Waals surface area contributed by atoms with Crippen molar-refractivity contribution in [3.8, 4) is 22.3 Å². The second-order valence-corrected chi connectivity index (χ2v) is 7.51. The lowest BCUT2D eigenvalue weighted by atomic mass is 9.88. The van der Waals surface area contributed by atoms with E-state index in [0.717, 1.165) is 0 Å². The number of benzene rings is 2. The Kier molecular flexibility index (Phi) is 3.85. The number of carbonyl (C=O) groups is 1. The Balaban J connectivity index is 2.12. The minimum absolute atomic E-state index is 0.0234. The number of hydrogen-bond donors (Lipinski definition) is 1. The van der Waals surface area contributed by atoms with Crippen molar-refractivity contribution in [2.24, 2.45) is 7.05 Å². The molecule has 3 aromatic rings. The number of aryl methyl sites for hydroxylation is 1. The molecule has 0 radical (unpaired) electrons. The first-order valence-corrected chi connectivity index (χ1v) is 8.89. The highest BCUT2D eigenvalue weighted by Gasteiger charge is 2.57. The molecule has 7 heteroatoms. The van der Waals surface area contributed by atoms with Gasteiger partial charge in [-0.15, -0.1) is 0 Å². The molecule has 0 spiro atoms. The van der Waals surface area contributed by atoms with Gasteiger partial charge < -0.3 is 5.11 Å². The van der Waals surface area contributed by atoms with Crippen LogP contribution in [0, 0.1) is 0 Å². The van der Waals surface area contributed by atoms with Gasteiger partial charge in [0.25, 0.3) is 5.66 Å². The van der Waals surface area contributed by atoms with Gasteiger partial charge in [-0.1, -0.05) is 33.5 Å². The van der Waals surface area contributed by atoms with Crippen LogP contribution in [-0.2, 0) is 12.6 Å². The van der Waals surface area contributed by atoms with Crippen LogP contribution in [0.5, 0.6) is 0 Å². The van der Waals surface area contributed by atoms with Crippen LogP contribution in [0.4, 0.5) is 8.78 Å². The third-order valence-electron chi connectivity index (χ3n) is 5.01. The number of ketones is 1. The lowest BCUT2D eigenvalue weighted by Crippen LogP contribution is -2.40. The lowest BCUT2D eigenvalue weighted by Gasteiger charge is -2.32. The molecule has 2 unspecified atom stereocenters. The number of nitrogens with zero attached hydrogens (tertiary/aromatic N) is 2. The zero-order chi connectivity index (χ0) is 19.6. The van der Waals surface area contributed by atoms with Crippen LogP contribution >= 0.6 is 9.24 Å². The van der Waals surface area contributed by atoms with Crippen LogP contribution in [0.15, 0.2) is 48.8 Å². The summed E-state index contributed by atoms with van der Waals surface area (Å²) in [7, 11) is 3.18. The summed E-state index contributed by atoms with van der Waals surface area (Å²) in [5.74, 6) is -0.261. The Hall–Kier alpha value is -2.43. The Bertz CT molecular complexity index is 1090. The Morgan fingerprint density at radius 2 is 1.93 bits per heavy atom. The van der Waals surface area contributed by atoms with E-state index >= 15 is 0 Å². The zero-order valence-corrected chi connectivity index (χ0v) is 15.9. The molecule has 4 rings (SSSR count). The summed E-state index contributed by atoms with van der Waals surface area (Å²) in [5, 5.41) is 15.3. The van der Waals surface area contributed by atoms with Gasteiger partial charge in [-0.3, -0.25) is 9.48 Å². The fourth-order valence-corrected chi connectivity index (χ4v) is 4.06. The monoisotopic (exact) mass is 386 g/mol. The van der Waals surface area contributed by atoms with Gasteiger partial charge in [0.1, 0.15) is 0 Å². The van der Waals surface area contributed by atoms with Crippen molar-refractivity contribution in [3.05, 3.63) is 65.5 Å². The molecular formula is C20H17F2N2O2P. The molecule has 0 amide bonds. The molecule has 1 N–H and O–H groups in total. The van der Waals surface area contributed by atoms with E-state index in [-0.39, 0.29) is 16.9 Å². The number of hydrogen-bond acceptors (Lipinski definition) is 3. The molecule has 1 aliphatic carbocycles. The topological polar surface area (TPSA) is 55.1 Å². The third kappa shape index (κ3) is 2.47. The number of fused-ring (bicyclic) bond motifs is 3. The minimum atomic E-state index is -3.53. The van der Waals surface area contributed by atoms with E-state index in [1.165, 1.54) is 28.3 Å². The lowest BCUT2D eigenvalue weighted by molar-refractivity contribution is -0.0963. The van der Waals surface area contributed by atoms with Crippen molar-refractivity contribution in [3.63, 3.8) is 0 Å². The Labute approximate surface area is 157 Å². The van der Waals surface area contributed by atoms with E-state index in [0.29, 0.717) is 27.8 Å². The summed E-state index contributed by atoms with van der Waals surface area (Å²) in [6, 6.07) is 9.62. The fraction of sp³-hybridized carbons (Fsp3) is 0.200. The van der Waals surface area contributed by atoms with Crippen LogP contribution in [0.25, 0.3) is 22.3 Å². The quantitative estimate of drug-likeness (QED) is 0.547. The summed E-state index contributed by atoms with van der Waals surface area (Å²) in [6.45, 7) is 1.39. The second kappa shape index (κ2) is 5.78. The maximum Gasteiger partial charge on any atom is 0.295 e. The molecule has 27 heavy (non-hydrogen) atoms. The van der Waals surface area contributed by atoms with E-state index in [9.17, 15) is 18.7 Å². The zero-order valence-electron chi connectivity index (χ0n) is 14.7. The third-order valence-corrected chi connectivity index (χ3v) is 5.43. The molecule has 1 aliphatic rings. The van der Waals surface area contributed by atoms with Crippen molar-refractivity contribution < 1.29 is 18.7 Å². The van der Waals surface area contributed by atoms with Gasteiger partial charge in [0.05, 0.1) is 6.20 Å². The van der Waals surface area contributed by atoms with Crippen LogP contribution < -0.4 is 0 Å². The van der Waals surface area contributed by atoms with E-state index in [1.54, 1.807) is 48.4 Å². The number of Topliss-reactive ketones (excluding diaryl/α,β-unsaturated/α-hetero) is 1. The van der Waals surface area contributed by atoms with Gasteiger partial charge in [-0.2, -0.15) is 13.9 Å². The van der Waals surface area contributed by atoms with Crippen LogP contribution in [-0.4, -0.2) is 26.3 Å². The van der Waals surface area contributed by atoms with E-state index < -0.39 is 11.3 Å². The Morgan fingerprint density at radius 1 is 1.22 bits per heavy atom. The van der Waals surface area contributed by atoms with Gasteiger partial charge in [-0.25, -0.2) is 0 Å². The first-order valence-electron chi connectivity index (χ1n) is 8.32. The van der Waals surface area contributed by atoms with Crippen LogP contribution in [0.1, 0.15) is 28.4 Å². The average Bonchev–Trinajstić information content (AvgIpc) is 3.15. The predicted octanol–water partition coefficient (Wildman–Crippen LogP) is 3.97. The van der Waals surface area contributed by atoms with Crippen molar-refractivity contribution in [2.45, 2.75) is 18.2 Å². The first-order chi connectivity index (χ1) is 12.6. The van der Waals surface area contributed by atoms with Gasteiger partial charge in [0, 0.05) is 35.5 Å². The number of aromatic nitrogens is 2. The van der Waals surface area contributed by atoms with Crippen LogP contribution in [0.2, 0.25) is 0 Å². The molecule has 2 aromatic carbocycles. The molecule has 0 bridgehead atoms. The molecular weight excluding hydrogens is 369 g/mol. The van der Waals surface area contributed by atoms with Crippen LogP contribution in [0.3, 0.4) is 0 Å². The first kappa shape index (κ1) is 18.0. The number of aliphatic hydroxyl groups is 1. The fourth-order valence-electron chi connectivity index (χ4n) is 3.75. The number of halogens is 2. The molecule has 1 heterocycles. The van der Waals surface area contributed by atoms with Crippen molar-refractivity contribution in [1.29, 1.82) is 0 Å². The van der Waals surface area contributed by atoms with Gasteiger partial charge >= 0.3 is 0 Å². The number of alkyl halides is 2.